The van der Waals surface area contributed by atoms with Crippen LogP contribution in [0.15, 0.2) is 4.99 Å². The highest BCUT2D eigenvalue weighted by Gasteiger charge is 2.38. The van der Waals surface area contributed by atoms with Gasteiger partial charge >= 0.3 is 0 Å². The van der Waals surface area contributed by atoms with Crippen LogP contribution in [0, 0.1) is 0 Å². The number of hydrogen-bond acceptors (Lipinski definition) is 3. The standard InChI is InChI=1S/C16H32N4S.HI/c1-6-17-15(18-11-16(3,4)21-5)19-13-9-12(2)20(10-13)14-7-8-14;/h12-14H,6-11H2,1-5H3,(H2,17,18,19);1H. The lowest BCUT2D eigenvalue weighted by molar-refractivity contribution is 0.256. The van der Waals surface area contributed by atoms with Gasteiger partial charge in [-0.2, -0.15) is 11.8 Å². The maximum absolute atomic E-state index is 4.79. The monoisotopic (exact) mass is 440 g/mol. The second-order valence-electron chi connectivity index (χ2n) is 7.01. The van der Waals surface area contributed by atoms with Gasteiger partial charge in [-0.25, -0.2) is 0 Å². The minimum absolute atomic E-state index is 0. The molecule has 1 saturated heterocycles. The number of halogens is 1. The van der Waals surface area contributed by atoms with E-state index in [1.807, 2.05) is 11.8 Å². The molecule has 0 aromatic heterocycles. The lowest BCUT2D eigenvalue weighted by Crippen LogP contribution is -2.45. The van der Waals surface area contributed by atoms with Gasteiger partial charge in [-0.1, -0.05) is 0 Å². The summed E-state index contributed by atoms with van der Waals surface area (Å²) >= 11 is 1.87. The van der Waals surface area contributed by atoms with Crippen molar-refractivity contribution in [1.29, 1.82) is 0 Å². The highest BCUT2D eigenvalue weighted by molar-refractivity contribution is 14.0. The summed E-state index contributed by atoms with van der Waals surface area (Å²) in [5, 5.41) is 7.04. The van der Waals surface area contributed by atoms with Crippen LogP contribution in [-0.4, -0.2) is 59.6 Å². The zero-order valence-corrected chi connectivity index (χ0v) is 17.8. The van der Waals surface area contributed by atoms with Gasteiger partial charge in [0, 0.05) is 36.0 Å². The highest BCUT2D eigenvalue weighted by atomic mass is 127. The summed E-state index contributed by atoms with van der Waals surface area (Å²) < 4.78 is 0.200. The number of nitrogens with zero attached hydrogens (tertiary/aromatic N) is 2. The molecule has 0 radical (unpaired) electrons. The van der Waals surface area contributed by atoms with Crippen molar-refractivity contribution in [3.05, 3.63) is 0 Å². The third-order valence-electron chi connectivity index (χ3n) is 4.49. The fourth-order valence-electron chi connectivity index (χ4n) is 2.92. The molecule has 0 amide bonds. The van der Waals surface area contributed by atoms with E-state index in [0.29, 0.717) is 12.1 Å². The van der Waals surface area contributed by atoms with Crippen LogP contribution in [0.4, 0.5) is 0 Å². The molecule has 1 aliphatic carbocycles. The SMILES string of the molecule is CCNC(=NCC(C)(C)SC)NC1CC(C)N(C2CC2)C1.I. The first kappa shape index (κ1) is 20.4. The Morgan fingerprint density at radius 1 is 1.36 bits per heavy atom. The molecule has 6 heteroatoms. The van der Waals surface area contributed by atoms with Crippen LogP contribution >= 0.6 is 35.7 Å². The van der Waals surface area contributed by atoms with Crippen molar-refractivity contribution in [3.63, 3.8) is 0 Å². The van der Waals surface area contributed by atoms with Gasteiger partial charge in [0.15, 0.2) is 5.96 Å². The predicted molar refractivity (Wildman–Crippen MR) is 110 cm³/mol. The molecule has 2 fully saturated rings. The molecule has 2 N–H and O–H groups in total. The molecule has 2 unspecified atom stereocenters. The Hall–Kier alpha value is 0.310. The van der Waals surface area contributed by atoms with Crippen LogP contribution in [-0.2, 0) is 0 Å². The molecule has 1 aliphatic heterocycles. The van der Waals surface area contributed by atoms with Crippen LogP contribution < -0.4 is 10.6 Å². The summed E-state index contributed by atoms with van der Waals surface area (Å²) in [7, 11) is 0. The fraction of sp³-hybridized carbons (Fsp3) is 0.938. The minimum Gasteiger partial charge on any atom is -0.357 e. The van der Waals surface area contributed by atoms with Crippen LogP contribution in [0.25, 0.3) is 0 Å². The molecule has 2 aliphatic rings. The lowest BCUT2D eigenvalue weighted by atomic mass is 10.2. The molecular formula is C16H33IN4S. The normalized spacial score (nSPS) is 26.7. The van der Waals surface area contributed by atoms with E-state index in [1.165, 1.54) is 25.8 Å². The van der Waals surface area contributed by atoms with Gasteiger partial charge in [-0.3, -0.25) is 9.89 Å². The van der Waals surface area contributed by atoms with Crippen molar-refractivity contribution in [2.75, 3.05) is 25.9 Å². The Bertz CT molecular complexity index is 371. The zero-order valence-electron chi connectivity index (χ0n) is 14.7. The maximum Gasteiger partial charge on any atom is 0.191 e. The molecule has 0 aromatic rings. The van der Waals surface area contributed by atoms with Crippen molar-refractivity contribution >= 4 is 41.7 Å². The van der Waals surface area contributed by atoms with Crippen molar-refractivity contribution in [2.45, 2.75) is 69.8 Å². The first-order valence-electron chi connectivity index (χ1n) is 8.31. The first-order valence-corrected chi connectivity index (χ1v) is 9.53. The van der Waals surface area contributed by atoms with Gasteiger partial charge < -0.3 is 10.6 Å². The summed E-state index contributed by atoms with van der Waals surface area (Å²) in [5.41, 5.74) is 0. The Kier molecular flexibility index (Phi) is 8.30. The van der Waals surface area contributed by atoms with E-state index in [4.69, 9.17) is 4.99 Å². The molecule has 130 valence electrons. The van der Waals surface area contributed by atoms with E-state index >= 15 is 0 Å². The average molecular weight is 440 g/mol. The molecule has 0 aromatic carbocycles. The molecule has 2 atom stereocenters. The number of aliphatic imine (C=N–C) groups is 1. The van der Waals surface area contributed by atoms with Gasteiger partial charge in [0.25, 0.3) is 0 Å². The second-order valence-corrected chi connectivity index (χ2v) is 8.53. The Morgan fingerprint density at radius 3 is 2.59 bits per heavy atom. The van der Waals surface area contributed by atoms with Crippen LogP contribution in [0.1, 0.15) is 47.0 Å². The lowest BCUT2D eigenvalue weighted by Gasteiger charge is -2.22. The fourth-order valence-corrected chi connectivity index (χ4v) is 3.12. The first-order chi connectivity index (χ1) is 9.95. The van der Waals surface area contributed by atoms with Gasteiger partial charge in [0.1, 0.15) is 0 Å². The van der Waals surface area contributed by atoms with E-state index in [2.05, 4.69) is 49.5 Å². The van der Waals surface area contributed by atoms with Crippen LogP contribution in [0.3, 0.4) is 0 Å². The Balaban J connectivity index is 0.00000242. The smallest absolute Gasteiger partial charge is 0.191 e. The second kappa shape index (κ2) is 8.97. The number of rotatable bonds is 6. The molecule has 1 heterocycles. The minimum atomic E-state index is 0. The number of nitrogens with one attached hydrogen (secondary N) is 2. The largest absolute Gasteiger partial charge is 0.357 e. The van der Waals surface area contributed by atoms with E-state index in [1.54, 1.807) is 0 Å². The van der Waals surface area contributed by atoms with Crippen molar-refractivity contribution in [1.82, 2.24) is 15.5 Å². The molecule has 0 bridgehead atoms. The quantitative estimate of drug-likeness (QED) is 0.379. The number of thioether (sulfide) groups is 1. The van der Waals surface area contributed by atoms with Crippen LogP contribution in [0.2, 0.25) is 0 Å². The third kappa shape index (κ3) is 6.07. The summed E-state index contributed by atoms with van der Waals surface area (Å²) in [6.45, 7) is 11.9. The molecule has 22 heavy (non-hydrogen) atoms. The molecule has 1 saturated carbocycles. The van der Waals surface area contributed by atoms with Gasteiger partial charge in [0.05, 0.1) is 6.54 Å². The summed E-state index contributed by atoms with van der Waals surface area (Å²) in [4.78, 5) is 7.46. The summed E-state index contributed by atoms with van der Waals surface area (Å²) in [5.74, 6) is 0.981. The molecular weight excluding hydrogens is 407 g/mol. The van der Waals surface area contributed by atoms with E-state index in [9.17, 15) is 0 Å². The van der Waals surface area contributed by atoms with Gasteiger partial charge in [0.2, 0.25) is 0 Å². The topological polar surface area (TPSA) is 39.7 Å². The van der Waals surface area contributed by atoms with Crippen molar-refractivity contribution in [2.24, 2.45) is 4.99 Å². The summed E-state index contributed by atoms with van der Waals surface area (Å²) in [6, 6.07) is 2.11. The third-order valence-corrected chi connectivity index (χ3v) is 5.73. The molecule has 4 nitrogen and oxygen atoms in total. The predicted octanol–water partition coefficient (Wildman–Crippen LogP) is 2.93. The average Bonchev–Trinajstić information content (AvgIpc) is 3.21. The Morgan fingerprint density at radius 2 is 2.05 bits per heavy atom. The van der Waals surface area contributed by atoms with Crippen molar-refractivity contribution in [3.8, 4) is 0 Å². The van der Waals surface area contributed by atoms with E-state index in [-0.39, 0.29) is 28.7 Å². The van der Waals surface area contributed by atoms with Gasteiger partial charge in [-0.15, -0.1) is 24.0 Å². The number of guanidine groups is 1. The maximum atomic E-state index is 4.79. The van der Waals surface area contributed by atoms with Gasteiger partial charge in [-0.05, 0) is 53.2 Å². The molecule has 2 rings (SSSR count). The highest BCUT2D eigenvalue weighted by Crippen LogP contribution is 2.33. The Labute approximate surface area is 157 Å². The summed E-state index contributed by atoms with van der Waals surface area (Å²) in [6.07, 6.45) is 6.18. The van der Waals surface area contributed by atoms with Crippen molar-refractivity contribution < 1.29 is 0 Å². The van der Waals surface area contributed by atoms with E-state index in [0.717, 1.165) is 25.1 Å². The zero-order chi connectivity index (χ0) is 15.5. The number of likely N-dealkylation sites (tertiary alicyclic amines) is 1. The number of hydrogen-bond donors (Lipinski definition) is 2. The van der Waals surface area contributed by atoms with Crippen LogP contribution in [0.5, 0.6) is 0 Å². The molecule has 0 spiro atoms. The van der Waals surface area contributed by atoms with E-state index < -0.39 is 0 Å².